The molecule has 1 spiro atoms. The first-order valence-electron chi connectivity index (χ1n) is 8.62. The zero-order valence-electron chi connectivity index (χ0n) is 14.0. The molecule has 0 atom stereocenters. The maximum absolute atomic E-state index is 12.6. The summed E-state index contributed by atoms with van der Waals surface area (Å²) in [6.07, 6.45) is 3.48. The van der Waals surface area contributed by atoms with Crippen LogP contribution in [0, 0.1) is 0 Å². The van der Waals surface area contributed by atoms with Crippen LogP contribution in [-0.2, 0) is 16.0 Å². The van der Waals surface area contributed by atoms with Gasteiger partial charge in [0.15, 0.2) is 5.79 Å². The van der Waals surface area contributed by atoms with Crippen LogP contribution >= 0.6 is 0 Å². The quantitative estimate of drug-likeness (QED) is 0.921. The minimum atomic E-state index is -0.449. The highest BCUT2D eigenvalue weighted by Gasteiger charge is 2.40. The number of nitrogens with zero attached hydrogens (tertiary/aromatic N) is 2. The van der Waals surface area contributed by atoms with Crippen molar-refractivity contribution in [2.75, 3.05) is 31.6 Å². The average Bonchev–Trinajstić information content (AvgIpc) is 3.21. The molecule has 2 fully saturated rings. The molecule has 0 unspecified atom stereocenters. The number of hydrogen-bond acceptors (Lipinski definition) is 3. The van der Waals surface area contributed by atoms with E-state index in [1.165, 1.54) is 0 Å². The number of aryl methyl sites for hydroxylation is 1. The minimum absolute atomic E-state index is 0.0538. The lowest BCUT2D eigenvalue weighted by Crippen LogP contribution is -2.48. The molecule has 6 nitrogen and oxygen atoms in total. The number of urea groups is 1. The van der Waals surface area contributed by atoms with Crippen molar-refractivity contribution in [2.45, 2.75) is 32.1 Å². The highest BCUT2D eigenvalue weighted by atomic mass is 16.7. The third-order valence-electron chi connectivity index (χ3n) is 5.00. The lowest BCUT2D eigenvalue weighted by atomic mass is 10.0. The van der Waals surface area contributed by atoms with Gasteiger partial charge in [0, 0.05) is 44.1 Å². The molecule has 1 aromatic carbocycles. The summed E-state index contributed by atoms with van der Waals surface area (Å²) in [5, 5.41) is 4.15. The van der Waals surface area contributed by atoms with Crippen LogP contribution in [0.5, 0.6) is 0 Å². The van der Waals surface area contributed by atoms with Gasteiger partial charge in [0.25, 0.3) is 0 Å². The fraction of sp³-hybridized carbons (Fsp3) is 0.500. The zero-order chi connectivity index (χ0) is 16.6. The van der Waals surface area contributed by atoms with Gasteiger partial charge in [-0.05, 0) is 13.0 Å². The Morgan fingerprint density at radius 2 is 1.92 bits per heavy atom. The molecule has 24 heavy (non-hydrogen) atoms. The first kappa shape index (κ1) is 15.5. The maximum atomic E-state index is 12.6. The smallest absolute Gasteiger partial charge is 0.321 e. The molecule has 1 N–H and O–H groups in total. The standard InChI is InChI=1S/C18H23N3O3/c1-2-20-13-15(14-5-3-4-6-16(14)20)19-17(22)21-9-7-18(8-10-21)23-11-12-24-18/h3-6,13H,2,7-12H2,1H3,(H,19,22). The molecule has 3 heterocycles. The van der Waals surface area contributed by atoms with Crippen molar-refractivity contribution >= 4 is 22.6 Å². The number of aromatic nitrogens is 1. The number of carbonyl (C=O) groups is 1. The van der Waals surface area contributed by atoms with Crippen LogP contribution in [0.2, 0.25) is 0 Å². The van der Waals surface area contributed by atoms with E-state index in [9.17, 15) is 4.79 Å². The molecule has 2 aromatic rings. The summed E-state index contributed by atoms with van der Waals surface area (Å²) in [6.45, 7) is 5.59. The molecule has 0 bridgehead atoms. The van der Waals surface area contributed by atoms with Gasteiger partial charge in [-0.2, -0.15) is 0 Å². The predicted octanol–water partition coefficient (Wildman–Crippen LogP) is 3.03. The SMILES string of the molecule is CCn1cc(NC(=O)N2CCC3(CC2)OCCO3)c2ccccc21. The predicted molar refractivity (Wildman–Crippen MR) is 92.1 cm³/mol. The third kappa shape index (κ3) is 2.65. The second kappa shape index (κ2) is 6.11. The van der Waals surface area contributed by atoms with E-state index in [1.807, 2.05) is 29.3 Å². The fourth-order valence-electron chi connectivity index (χ4n) is 3.64. The number of para-hydroxylation sites is 1. The van der Waals surface area contributed by atoms with Crippen LogP contribution in [0.1, 0.15) is 19.8 Å². The number of benzene rings is 1. The number of piperidine rings is 1. The van der Waals surface area contributed by atoms with Crippen LogP contribution in [0.15, 0.2) is 30.5 Å². The first-order chi connectivity index (χ1) is 11.7. The van der Waals surface area contributed by atoms with Crippen molar-refractivity contribution in [2.24, 2.45) is 0 Å². The Labute approximate surface area is 141 Å². The monoisotopic (exact) mass is 329 g/mol. The number of rotatable bonds is 2. The topological polar surface area (TPSA) is 55.7 Å². The molecule has 4 rings (SSSR count). The second-order valence-electron chi connectivity index (χ2n) is 6.37. The van der Waals surface area contributed by atoms with Crippen molar-refractivity contribution in [3.63, 3.8) is 0 Å². The molecule has 0 aliphatic carbocycles. The Morgan fingerprint density at radius 3 is 2.62 bits per heavy atom. The van der Waals surface area contributed by atoms with E-state index in [4.69, 9.17) is 9.47 Å². The van der Waals surface area contributed by atoms with Crippen LogP contribution in [-0.4, -0.2) is 47.6 Å². The van der Waals surface area contributed by atoms with Crippen molar-refractivity contribution in [3.8, 4) is 0 Å². The largest absolute Gasteiger partial charge is 0.347 e. The Bertz CT molecular complexity index is 739. The lowest BCUT2D eigenvalue weighted by molar-refractivity contribution is -0.181. The summed E-state index contributed by atoms with van der Waals surface area (Å²) in [4.78, 5) is 14.5. The number of carbonyl (C=O) groups excluding carboxylic acids is 1. The molecule has 6 heteroatoms. The van der Waals surface area contributed by atoms with Crippen molar-refractivity contribution in [1.29, 1.82) is 0 Å². The number of nitrogens with one attached hydrogen (secondary N) is 1. The summed E-state index contributed by atoms with van der Waals surface area (Å²) in [5.41, 5.74) is 2.01. The normalized spacial score (nSPS) is 20.0. The highest BCUT2D eigenvalue weighted by Crippen LogP contribution is 2.32. The number of ether oxygens (including phenoxy) is 2. The average molecular weight is 329 g/mol. The van der Waals surface area contributed by atoms with Crippen molar-refractivity contribution in [3.05, 3.63) is 30.5 Å². The number of amides is 2. The number of likely N-dealkylation sites (tertiary alicyclic amines) is 1. The molecule has 128 valence electrons. The van der Waals surface area contributed by atoms with Gasteiger partial charge >= 0.3 is 6.03 Å². The van der Waals surface area contributed by atoms with Gasteiger partial charge in [0.1, 0.15) is 0 Å². The molecule has 2 aliphatic heterocycles. The molecule has 0 saturated carbocycles. The maximum Gasteiger partial charge on any atom is 0.321 e. The van der Waals surface area contributed by atoms with Gasteiger partial charge in [-0.3, -0.25) is 0 Å². The van der Waals surface area contributed by atoms with Crippen LogP contribution in [0.4, 0.5) is 10.5 Å². The fourth-order valence-corrected chi connectivity index (χ4v) is 3.64. The van der Waals surface area contributed by atoms with Crippen LogP contribution < -0.4 is 5.32 Å². The molecular formula is C18H23N3O3. The van der Waals surface area contributed by atoms with E-state index in [1.54, 1.807) is 0 Å². The van der Waals surface area contributed by atoms with Crippen molar-refractivity contribution in [1.82, 2.24) is 9.47 Å². The first-order valence-corrected chi connectivity index (χ1v) is 8.62. The van der Waals surface area contributed by atoms with E-state index < -0.39 is 5.79 Å². The summed E-state index contributed by atoms with van der Waals surface area (Å²) in [6, 6.07) is 8.08. The van der Waals surface area contributed by atoms with E-state index in [0.717, 1.165) is 36.0 Å². The number of hydrogen-bond donors (Lipinski definition) is 1. The number of fused-ring (bicyclic) bond motifs is 1. The molecule has 2 saturated heterocycles. The van der Waals surface area contributed by atoms with Gasteiger partial charge in [0.2, 0.25) is 0 Å². The van der Waals surface area contributed by atoms with E-state index in [-0.39, 0.29) is 6.03 Å². The van der Waals surface area contributed by atoms with Gasteiger partial charge in [0.05, 0.1) is 24.4 Å². The highest BCUT2D eigenvalue weighted by molar-refractivity contribution is 6.01. The lowest BCUT2D eigenvalue weighted by Gasteiger charge is -2.37. The summed E-state index contributed by atoms with van der Waals surface area (Å²) < 4.78 is 13.6. The molecule has 0 radical (unpaired) electrons. The second-order valence-corrected chi connectivity index (χ2v) is 6.37. The molecule has 2 aliphatic rings. The summed E-state index contributed by atoms with van der Waals surface area (Å²) in [7, 11) is 0. The Hall–Kier alpha value is -2.05. The third-order valence-corrected chi connectivity index (χ3v) is 5.00. The van der Waals surface area contributed by atoms with Crippen molar-refractivity contribution < 1.29 is 14.3 Å². The summed E-state index contributed by atoms with van der Waals surface area (Å²) in [5.74, 6) is -0.449. The minimum Gasteiger partial charge on any atom is -0.347 e. The van der Waals surface area contributed by atoms with Gasteiger partial charge in [-0.1, -0.05) is 18.2 Å². The van der Waals surface area contributed by atoms with E-state index >= 15 is 0 Å². The van der Waals surface area contributed by atoms with Crippen LogP contribution in [0.3, 0.4) is 0 Å². The molecular weight excluding hydrogens is 306 g/mol. The van der Waals surface area contributed by atoms with Crippen LogP contribution in [0.25, 0.3) is 10.9 Å². The zero-order valence-corrected chi connectivity index (χ0v) is 14.0. The number of anilines is 1. The molecule has 2 amide bonds. The van der Waals surface area contributed by atoms with Gasteiger partial charge < -0.3 is 24.3 Å². The van der Waals surface area contributed by atoms with E-state index in [0.29, 0.717) is 26.3 Å². The Balaban J connectivity index is 1.47. The summed E-state index contributed by atoms with van der Waals surface area (Å²) >= 11 is 0. The van der Waals surface area contributed by atoms with Gasteiger partial charge in [-0.25, -0.2) is 4.79 Å². The Kier molecular flexibility index (Phi) is 3.94. The Morgan fingerprint density at radius 1 is 1.21 bits per heavy atom. The molecule has 1 aromatic heterocycles. The van der Waals surface area contributed by atoms with E-state index in [2.05, 4.69) is 22.9 Å². The van der Waals surface area contributed by atoms with Gasteiger partial charge in [-0.15, -0.1) is 0 Å².